The molecule has 0 spiro atoms. The molecule has 4 aromatic rings. The molecule has 35 heavy (non-hydrogen) atoms. The number of ether oxygens (including phenoxy) is 1. The molecule has 0 saturated heterocycles. The fourth-order valence-corrected chi connectivity index (χ4v) is 4.34. The van der Waals surface area contributed by atoms with Crippen molar-refractivity contribution in [2.24, 2.45) is 0 Å². The van der Waals surface area contributed by atoms with E-state index in [1.54, 1.807) is 54.6 Å². The van der Waals surface area contributed by atoms with Crippen molar-refractivity contribution in [3.63, 3.8) is 0 Å². The Morgan fingerprint density at radius 2 is 1.80 bits per heavy atom. The second kappa shape index (κ2) is 11.2. The molecule has 0 fully saturated rings. The van der Waals surface area contributed by atoms with E-state index in [1.165, 1.54) is 12.1 Å². The average Bonchev–Trinajstić information content (AvgIpc) is 3.26. The second-order valence-corrected chi connectivity index (χ2v) is 8.84. The predicted octanol–water partition coefficient (Wildman–Crippen LogP) is 6.55. The van der Waals surface area contributed by atoms with E-state index in [0.29, 0.717) is 39.4 Å². The maximum Gasteiger partial charge on any atom is 0.342 e. The van der Waals surface area contributed by atoms with Gasteiger partial charge in [0.15, 0.2) is 11.0 Å². The van der Waals surface area contributed by atoms with Crippen molar-refractivity contribution in [1.82, 2.24) is 14.8 Å². The van der Waals surface area contributed by atoms with Crippen LogP contribution in [0.1, 0.15) is 18.1 Å². The lowest BCUT2D eigenvalue weighted by Crippen LogP contribution is -2.03. The SMILES string of the molecule is CCn1c(S/C(=C\c2ccccc2OCc2ccccc2F)C(=O)O)nnc1-c1ccc(Cl)cc1. The zero-order valence-corrected chi connectivity index (χ0v) is 20.3. The molecule has 1 heterocycles. The number of benzene rings is 3. The molecule has 9 heteroatoms. The largest absolute Gasteiger partial charge is 0.488 e. The van der Waals surface area contributed by atoms with E-state index in [4.69, 9.17) is 16.3 Å². The first-order valence-electron chi connectivity index (χ1n) is 10.7. The van der Waals surface area contributed by atoms with Crippen molar-refractivity contribution in [3.05, 3.63) is 99.7 Å². The Morgan fingerprint density at radius 3 is 2.51 bits per heavy atom. The van der Waals surface area contributed by atoms with Crippen LogP contribution in [-0.2, 0) is 17.9 Å². The highest BCUT2D eigenvalue weighted by molar-refractivity contribution is 8.04. The molecule has 0 atom stereocenters. The number of hydrogen-bond acceptors (Lipinski definition) is 5. The summed E-state index contributed by atoms with van der Waals surface area (Å²) in [7, 11) is 0. The van der Waals surface area contributed by atoms with Crippen LogP contribution < -0.4 is 4.74 Å². The van der Waals surface area contributed by atoms with Gasteiger partial charge in [0.25, 0.3) is 0 Å². The number of hydrogen-bond donors (Lipinski definition) is 1. The Morgan fingerprint density at radius 1 is 1.09 bits per heavy atom. The van der Waals surface area contributed by atoms with Gasteiger partial charge >= 0.3 is 5.97 Å². The maximum absolute atomic E-state index is 14.0. The van der Waals surface area contributed by atoms with E-state index in [2.05, 4.69) is 10.2 Å². The van der Waals surface area contributed by atoms with Crippen LogP contribution in [0.15, 0.2) is 82.9 Å². The summed E-state index contributed by atoms with van der Waals surface area (Å²) >= 11 is 6.98. The molecule has 1 N–H and O–H groups in total. The standard InChI is InChI=1S/C26H21ClFN3O3S/c1-2-31-24(17-11-13-20(27)14-12-17)29-30-26(31)35-23(25(32)33)15-18-7-4-6-10-22(18)34-16-19-8-3-5-9-21(19)28/h3-15H,2,16H2,1H3,(H,32,33)/b23-15-. The number of carboxylic acids is 1. The Hall–Kier alpha value is -3.62. The lowest BCUT2D eigenvalue weighted by Gasteiger charge is -2.11. The van der Waals surface area contributed by atoms with Crippen LogP contribution in [0.4, 0.5) is 4.39 Å². The van der Waals surface area contributed by atoms with Crippen LogP contribution in [0.3, 0.4) is 0 Å². The number of rotatable bonds is 9. The lowest BCUT2D eigenvalue weighted by molar-refractivity contribution is -0.131. The first-order chi connectivity index (χ1) is 17.0. The minimum atomic E-state index is -1.11. The van der Waals surface area contributed by atoms with Gasteiger partial charge in [-0.25, -0.2) is 9.18 Å². The highest BCUT2D eigenvalue weighted by Gasteiger charge is 2.19. The van der Waals surface area contributed by atoms with Crippen LogP contribution in [0, 0.1) is 5.82 Å². The van der Waals surface area contributed by atoms with Crippen molar-refractivity contribution in [1.29, 1.82) is 0 Å². The molecule has 0 saturated carbocycles. The van der Waals surface area contributed by atoms with E-state index in [0.717, 1.165) is 17.3 Å². The number of carbonyl (C=O) groups is 1. The van der Waals surface area contributed by atoms with E-state index in [9.17, 15) is 14.3 Å². The fraction of sp³-hybridized carbons (Fsp3) is 0.115. The number of carboxylic acid groups (broad SMARTS) is 1. The van der Waals surface area contributed by atoms with E-state index in [1.807, 2.05) is 23.6 Å². The Balaban J connectivity index is 1.61. The molecule has 178 valence electrons. The van der Waals surface area contributed by atoms with Gasteiger partial charge in [-0.05, 0) is 61.2 Å². The number of halogens is 2. The quantitative estimate of drug-likeness (QED) is 0.203. The molecule has 0 aliphatic rings. The second-order valence-electron chi connectivity index (χ2n) is 7.39. The van der Waals surface area contributed by atoms with Crippen LogP contribution >= 0.6 is 23.4 Å². The molecule has 3 aromatic carbocycles. The van der Waals surface area contributed by atoms with Gasteiger partial charge in [0.05, 0.1) is 0 Å². The molecule has 0 aliphatic heterocycles. The number of para-hydroxylation sites is 1. The zero-order chi connectivity index (χ0) is 24.8. The van der Waals surface area contributed by atoms with E-state index in [-0.39, 0.29) is 17.3 Å². The molecule has 4 rings (SSSR count). The predicted molar refractivity (Wildman–Crippen MR) is 135 cm³/mol. The summed E-state index contributed by atoms with van der Waals surface area (Å²) in [6.45, 7) is 2.49. The number of thioether (sulfide) groups is 1. The highest BCUT2D eigenvalue weighted by atomic mass is 35.5. The lowest BCUT2D eigenvalue weighted by atomic mass is 10.2. The van der Waals surface area contributed by atoms with Gasteiger partial charge < -0.3 is 14.4 Å². The van der Waals surface area contributed by atoms with Gasteiger partial charge in [0.2, 0.25) is 0 Å². The van der Waals surface area contributed by atoms with Gasteiger partial charge in [-0.2, -0.15) is 0 Å². The van der Waals surface area contributed by atoms with Crippen molar-refractivity contribution in [3.8, 4) is 17.1 Å². The highest BCUT2D eigenvalue weighted by Crippen LogP contribution is 2.32. The van der Waals surface area contributed by atoms with Crippen LogP contribution in [0.5, 0.6) is 5.75 Å². The number of aliphatic carboxylic acids is 1. The molecule has 0 unspecified atom stereocenters. The summed E-state index contributed by atoms with van der Waals surface area (Å²) in [5, 5.41) is 19.4. The number of nitrogens with zero attached hydrogens (tertiary/aromatic N) is 3. The summed E-state index contributed by atoms with van der Waals surface area (Å²) in [6.07, 6.45) is 1.51. The van der Waals surface area contributed by atoms with Gasteiger partial charge in [-0.15, -0.1) is 10.2 Å². The first-order valence-corrected chi connectivity index (χ1v) is 11.9. The zero-order valence-electron chi connectivity index (χ0n) is 18.7. The summed E-state index contributed by atoms with van der Waals surface area (Å²) in [5.41, 5.74) is 1.78. The molecule has 0 radical (unpaired) electrons. The van der Waals surface area contributed by atoms with Crippen molar-refractivity contribution in [2.75, 3.05) is 0 Å². The number of aromatic nitrogens is 3. The van der Waals surface area contributed by atoms with Gasteiger partial charge in [-0.1, -0.05) is 48.0 Å². The summed E-state index contributed by atoms with van der Waals surface area (Å²) in [5.74, 6) is -0.422. The maximum atomic E-state index is 14.0. The third-order valence-corrected chi connectivity index (χ3v) is 6.34. The van der Waals surface area contributed by atoms with Crippen LogP contribution in [0.25, 0.3) is 17.5 Å². The molecule has 0 amide bonds. The average molecular weight is 510 g/mol. The van der Waals surface area contributed by atoms with Crippen molar-refractivity contribution < 1.29 is 19.0 Å². The Bertz CT molecular complexity index is 1370. The van der Waals surface area contributed by atoms with Gasteiger partial charge in [0.1, 0.15) is 23.1 Å². The van der Waals surface area contributed by atoms with Gasteiger partial charge in [0, 0.05) is 28.3 Å². The fourth-order valence-electron chi connectivity index (χ4n) is 3.34. The Labute approximate surface area is 211 Å². The Kier molecular flexibility index (Phi) is 7.84. The summed E-state index contributed by atoms with van der Waals surface area (Å²) in [4.78, 5) is 12.1. The van der Waals surface area contributed by atoms with E-state index >= 15 is 0 Å². The van der Waals surface area contributed by atoms with E-state index < -0.39 is 5.97 Å². The van der Waals surface area contributed by atoms with Crippen LogP contribution in [-0.4, -0.2) is 25.8 Å². The van der Waals surface area contributed by atoms with Crippen molar-refractivity contribution >= 4 is 35.4 Å². The molecule has 0 aliphatic carbocycles. The molecule has 1 aromatic heterocycles. The third kappa shape index (κ3) is 5.90. The van der Waals surface area contributed by atoms with Gasteiger partial charge in [-0.3, -0.25) is 0 Å². The monoisotopic (exact) mass is 509 g/mol. The topological polar surface area (TPSA) is 77.2 Å². The van der Waals surface area contributed by atoms with Crippen molar-refractivity contribution in [2.45, 2.75) is 25.2 Å². The molecular weight excluding hydrogens is 489 g/mol. The summed E-state index contributed by atoms with van der Waals surface area (Å²) in [6, 6.07) is 20.6. The molecular formula is C26H21ClFN3O3S. The first kappa shape index (κ1) is 24.5. The molecule has 6 nitrogen and oxygen atoms in total. The smallest absolute Gasteiger partial charge is 0.342 e. The minimum Gasteiger partial charge on any atom is -0.488 e. The molecule has 0 bridgehead atoms. The summed E-state index contributed by atoms with van der Waals surface area (Å²) < 4.78 is 21.6. The minimum absolute atomic E-state index is 0.0156. The third-order valence-electron chi connectivity index (χ3n) is 5.09. The normalized spacial score (nSPS) is 11.5. The van der Waals surface area contributed by atoms with Crippen LogP contribution in [0.2, 0.25) is 5.02 Å².